The van der Waals surface area contributed by atoms with Gasteiger partial charge in [-0.25, -0.2) is 4.79 Å². The summed E-state index contributed by atoms with van der Waals surface area (Å²) in [7, 11) is 1.64. The lowest BCUT2D eigenvalue weighted by atomic mass is 10.0. The fourth-order valence-corrected chi connectivity index (χ4v) is 4.49. The maximum absolute atomic E-state index is 13.0. The third-order valence-corrected chi connectivity index (χ3v) is 6.71. The van der Waals surface area contributed by atoms with Gasteiger partial charge in [-0.1, -0.05) is 50.2 Å². The molecule has 10 heteroatoms. The highest BCUT2D eigenvalue weighted by Crippen LogP contribution is 2.28. The Morgan fingerprint density at radius 3 is 2.40 bits per heavy atom. The number of amides is 3. The molecule has 3 aromatic rings. The van der Waals surface area contributed by atoms with E-state index in [0.29, 0.717) is 13.0 Å². The molecule has 3 rings (SSSR count). The minimum absolute atomic E-state index is 0.0999. The molecular weight excluding hydrogens is 534 g/mol. The zero-order valence-electron chi connectivity index (χ0n) is 25.1. The summed E-state index contributed by atoms with van der Waals surface area (Å²) in [5, 5.41) is 12.7. The highest BCUT2D eigenvalue weighted by Gasteiger charge is 2.25. The number of carbonyl (C=O) groups is 3. The Labute approximate surface area is 248 Å². The van der Waals surface area contributed by atoms with Crippen molar-refractivity contribution in [1.29, 1.82) is 0 Å². The second-order valence-corrected chi connectivity index (χ2v) is 10.8. The molecule has 1 aromatic heterocycles. The van der Waals surface area contributed by atoms with Crippen molar-refractivity contribution < 1.29 is 23.9 Å². The Balaban J connectivity index is 1.42. The summed E-state index contributed by atoms with van der Waals surface area (Å²) in [6, 6.07) is 15.6. The molecule has 0 saturated carbocycles. The number of fused-ring (bicyclic) bond motifs is 1. The standard InChI is InChI=1S/C32H43N5O5/c1-21(2)17-28(37-32(40)42-20-24-12-7-6-8-13-24)31(39)36-23(4)30(38)34-16-9-11-22(3)35-27-19-26(41-5)18-25-14-10-15-33-29(25)27/h6-8,10,12-15,18-19,21-23,28,35H,9,11,16-17,20H2,1-5H3,(H,34,38)(H,36,39)(H,37,40)/t22?,23-,28-/m0/s1. The summed E-state index contributed by atoms with van der Waals surface area (Å²) in [6.45, 7) is 8.17. The second-order valence-electron chi connectivity index (χ2n) is 10.8. The van der Waals surface area contributed by atoms with E-state index in [9.17, 15) is 14.4 Å². The van der Waals surface area contributed by atoms with E-state index < -0.39 is 24.1 Å². The van der Waals surface area contributed by atoms with Crippen LogP contribution in [0.3, 0.4) is 0 Å². The third kappa shape index (κ3) is 10.2. The number of anilines is 1. The minimum atomic E-state index is -0.822. The van der Waals surface area contributed by atoms with E-state index >= 15 is 0 Å². The first-order valence-electron chi connectivity index (χ1n) is 14.4. The molecule has 0 fully saturated rings. The van der Waals surface area contributed by atoms with Crippen molar-refractivity contribution in [3.63, 3.8) is 0 Å². The Bertz CT molecular complexity index is 1320. The van der Waals surface area contributed by atoms with Crippen molar-refractivity contribution in [3.8, 4) is 5.75 Å². The highest BCUT2D eigenvalue weighted by molar-refractivity contribution is 5.92. The first-order chi connectivity index (χ1) is 20.2. The number of rotatable bonds is 15. The molecule has 1 unspecified atom stereocenters. The largest absolute Gasteiger partial charge is 0.497 e. The number of alkyl carbamates (subject to hydrolysis) is 1. The average Bonchev–Trinajstić information content (AvgIpc) is 2.97. The van der Waals surface area contributed by atoms with Gasteiger partial charge in [0.15, 0.2) is 0 Å². The molecule has 0 aliphatic rings. The molecule has 0 bridgehead atoms. The van der Waals surface area contributed by atoms with Crippen LogP contribution in [0.15, 0.2) is 60.8 Å². The summed E-state index contributed by atoms with van der Waals surface area (Å²) in [4.78, 5) is 42.5. The number of nitrogens with zero attached hydrogens (tertiary/aromatic N) is 1. The van der Waals surface area contributed by atoms with Crippen LogP contribution in [0.1, 0.15) is 52.5 Å². The monoisotopic (exact) mass is 577 g/mol. The molecule has 0 spiro atoms. The average molecular weight is 578 g/mol. The van der Waals surface area contributed by atoms with Crippen LogP contribution in [-0.2, 0) is 20.9 Å². The number of carbonyl (C=O) groups excluding carboxylic acids is 3. The number of aromatic nitrogens is 1. The van der Waals surface area contributed by atoms with E-state index in [2.05, 4.69) is 33.2 Å². The number of nitrogens with one attached hydrogen (secondary N) is 4. The van der Waals surface area contributed by atoms with Gasteiger partial charge in [0, 0.05) is 30.2 Å². The van der Waals surface area contributed by atoms with Crippen LogP contribution in [0.25, 0.3) is 10.9 Å². The van der Waals surface area contributed by atoms with Crippen molar-refractivity contribution in [2.45, 2.75) is 71.7 Å². The molecule has 3 atom stereocenters. The number of methoxy groups -OCH3 is 1. The van der Waals surface area contributed by atoms with Gasteiger partial charge in [0.1, 0.15) is 24.4 Å². The summed E-state index contributed by atoms with van der Waals surface area (Å²) in [5.41, 5.74) is 2.61. The molecule has 0 aliphatic heterocycles. The summed E-state index contributed by atoms with van der Waals surface area (Å²) in [5.74, 6) is 0.172. The number of ether oxygens (including phenoxy) is 2. The van der Waals surface area contributed by atoms with Crippen LogP contribution in [0.5, 0.6) is 5.75 Å². The predicted molar refractivity (Wildman–Crippen MR) is 164 cm³/mol. The van der Waals surface area contributed by atoms with Crippen LogP contribution < -0.4 is 26.0 Å². The molecule has 1 heterocycles. The lowest BCUT2D eigenvalue weighted by Gasteiger charge is -2.22. The van der Waals surface area contributed by atoms with Crippen LogP contribution in [-0.4, -0.2) is 54.7 Å². The van der Waals surface area contributed by atoms with Crippen molar-refractivity contribution >= 4 is 34.5 Å². The van der Waals surface area contributed by atoms with Gasteiger partial charge in [-0.15, -0.1) is 0 Å². The highest BCUT2D eigenvalue weighted by atomic mass is 16.5. The van der Waals surface area contributed by atoms with E-state index in [0.717, 1.165) is 40.7 Å². The molecule has 4 N–H and O–H groups in total. The fourth-order valence-electron chi connectivity index (χ4n) is 4.49. The maximum Gasteiger partial charge on any atom is 0.408 e. The molecule has 226 valence electrons. The maximum atomic E-state index is 13.0. The molecule has 0 radical (unpaired) electrons. The SMILES string of the molecule is COc1cc(NC(C)CCCNC(=O)[C@H](C)NC(=O)[C@H](CC(C)C)NC(=O)OCc2ccccc2)c2ncccc2c1. The Hall–Kier alpha value is -4.34. The Morgan fingerprint density at radius 1 is 0.929 bits per heavy atom. The van der Waals surface area contributed by atoms with E-state index in [1.807, 2.05) is 68.4 Å². The lowest BCUT2D eigenvalue weighted by Crippen LogP contribution is -2.53. The molecule has 10 nitrogen and oxygen atoms in total. The van der Waals surface area contributed by atoms with E-state index in [-0.39, 0.29) is 24.5 Å². The minimum Gasteiger partial charge on any atom is -0.497 e. The number of hydrogen-bond donors (Lipinski definition) is 4. The van der Waals surface area contributed by atoms with Crippen molar-refractivity contribution in [2.24, 2.45) is 5.92 Å². The van der Waals surface area contributed by atoms with E-state index in [4.69, 9.17) is 9.47 Å². The van der Waals surface area contributed by atoms with Crippen LogP contribution in [0, 0.1) is 5.92 Å². The number of benzene rings is 2. The van der Waals surface area contributed by atoms with Gasteiger partial charge in [0.25, 0.3) is 0 Å². The van der Waals surface area contributed by atoms with Gasteiger partial charge in [0.05, 0.1) is 18.3 Å². The van der Waals surface area contributed by atoms with Gasteiger partial charge in [-0.05, 0) is 56.7 Å². The first kappa shape index (κ1) is 32.2. The molecule has 2 aromatic carbocycles. The molecule has 42 heavy (non-hydrogen) atoms. The summed E-state index contributed by atoms with van der Waals surface area (Å²) < 4.78 is 10.7. The molecule has 0 saturated heterocycles. The van der Waals surface area contributed by atoms with Crippen molar-refractivity contribution in [3.05, 3.63) is 66.4 Å². The van der Waals surface area contributed by atoms with Crippen LogP contribution in [0.4, 0.5) is 10.5 Å². The molecule has 3 amide bonds. The second kappa shape index (κ2) is 16.2. The first-order valence-corrected chi connectivity index (χ1v) is 14.4. The van der Waals surface area contributed by atoms with Gasteiger partial charge < -0.3 is 30.7 Å². The summed E-state index contributed by atoms with van der Waals surface area (Å²) >= 11 is 0. The smallest absolute Gasteiger partial charge is 0.408 e. The Kier molecular flexibility index (Phi) is 12.4. The lowest BCUT2D eigenvalue weighted by molar-refractivity contribution is -0.129. The van der Waals surface area contributed by atoms with Crippen molar-refractivity contribution in [1.82, 2.24) is 20.9 Å². The van der Waals surface area contributed by atoms with Crippen molar-refractivity contribution in [2.75, 3.05) is 19.0 Å². The van der Waals surface area contributed by atoms with Crippen LogP contribution in [0.2, 0.25) is 0 Å². The normalized spacial score (nSPS) is 13.1. The van der Waals surface area contributed by atoms with Crippen LogP contribution >= 0.6 is 0 Å². The Morgan fingerprint density at radius 2 is 1.69 bits per heavy atom. The summed E-state index contributed by atoms with van der Waals surface area (Å²) in [6.07, 6.45) is 3.03. The number of hydrogen-bond acceptors (Lipinski definition) is 7. The predicted octanol–water partition coefficient (Wildman–Crippen LogP) is 4.79. The topological polar surface area (TPSA) is 131 Å². The van der Waals surface area contributed by atoms with Gasteiger partial charge in [-0.3, -0.25) is 14.6 Å². The van der Waals surface area contributed by atoms with E-state index in [1.165, 1.54) is 0 Å². The fraction of sp³-hybridized carbons (Fsp3) is 0.438. The molecule has 0 aliphatic carbocycles. The zero-order valence-corrected chi connectivity index (χ0v) is 25.1. The molecular formula is C32H43N5O5. The van der Waals surface area contributed by atoms with Gasteiger partial charge in [0.2, 0.25) is 11.8 Å². The number of pyridine rings is 1. The van der Waals surface area contributed by atoms with Gasteiger partial charge >= 0.3 is 6.09 Å². The zero-order chi connectivity index (χ0) is 30.5. The van der Waals surface area contributed by atoms with Gasteiger partial charge in [-0.2, -0.15) is 0 Å². The quantitative estimate of drug-likeness (QED) is 0.191. The third-order valence-electron chi connectivity index (χ3n) is 6.71. The van der Waals surface area contributed by atoms with E-state index in [1.54, 1.807) is 20.2 Å².